The van der Waals surface area contributed by atoms with Crippen molar-refractivity contribution in [1.82, 2.24) is 4.90 Å². The molecule has 82 valence electrons. The van der Waals surface area contributed by atoms with Crippen molar-refractivity contribution in [1.29, 1.82) is 0 Å². The number of carbonyl (C=O) groups excluding carboxylic acids is 1. The summed E-state index contributed by atoms with van der Waals surface area (Å²) in [6, 6.07) is 0. The molecule has 1 saturated heterocycles. The van der Waals surface area contributed by atoms with Crippen LogP contribution in [0.1, 0.15) is 12.8 Å². The summed E-state index contributed by atoms with van der Waals surface area (Å²) >= 11 is 0. The van der Waals surface area contributed by atoms with Crippen molar-refractivity contribution in [2.24, 2.45) is 11.7 Å². The maximum Gasteiger partial charge on any atom is 0.223 e. The minimum Gasteiger partial charge on any atom is -0.342 e. The highest BCUT2D eigenvalue weighted by Crippen LogP contribution is 2.15. The highest BCUT2D eigenvalue weighted by molar-refractivity contribution is 7.84. The van der Waals surface area contributed by atoms with Crippen molar-refractivity contribution in [3.8, 4) is 0 Å². The summed E-state index contributed by atoms with van der Waals surface area (Å²) < 4.78 is 10.8. The van der Waals surface area contributed by atoms with Gasteiger partial charge in [-0.2, -0.15) is 0 Å². The lowest BCUT2D eigenvalue weighted by atomic mass is 10.1. The van der Waals surface area contributed by atoms with Crippen LogP contribution in [0.15, 0.2) is 0 Å². The minimum absolute atomic E-state index is 0.121. The molecule has 0 aromatic heterocycles. The summed E-state index contributed by atoms with van der Waals surface area (Å²) in [5, 5.41) is 0. The molecular formula is C9H18N2O2S. The molecule has 2 unspecified atom stereocenters. The number of nitrogens with zero attached hydrogens (tertiary/aromatic N) is 1. The van der Waals surface area contributed by atoms with Gasteiger partial charge in [-0.1, -0.05) is 0 Å². The van der Waals surface area contributed by atoms with Crippen LogP contribution < -0.4 is 5.73 Å². The molecule has 1 heterocycles. The van der Waals surface area contributed by atoms with Gasteiger partial charge in [-0.3, -0.25) is 9.00 Å². The molecule has 14 heavy (non-hydrogen) atoms. The predicted molar refractivity (Wildman–Crippen MR) is 57.3 cm³/mol. The standard InChI is InChI=1S/C9H18N2O2S/c1-14(13)5-3-9(12)11-4-2-8(6-10)7-11/h8H,2-7,10H2,1H3. The number of hydrogen-bond donors (Lipinski definition) is 1. The zero-order chi connectivity index (χ0) is 10.6. The van der Waals surface area contributed by atoms with E-state index >= 15 is 0 Å². The van der Waals surface area contributed by atoms with Crippen molar-refractivity contribution in [2.75, 3.05) is 31.6 Å². The zero-order valence-corrected chi connectivity index (χ0v) is 9.39. The molecule has 1 aliphatic rings. The fraction of sp³-hybridized carbons (Fsp3) is 0.889. The highest BCUT2D eigenvalue weighted by Gasteiger charge is 2.24. The van der Waals surface area contributed by atoms with Gasteiger partial charge in [0, 0.05) is 42.3 Å². The number of rotatable bonds is 4. The van der Waals surface area contributed by atoms with Crippen molar-refractivity contribution < 1.29 is 9.00 Å². The summed E-state index contributed by atoms with van der Waals surface area (Å²) in [7, 11) is -0.869. The fourth-order valence-corrected chi connectivity index (χ4v) is 2.10. The van der Waals surface area contributed by atoms with Gasteiger partial charge in [0.2, 0.25) is 5.91 Å². The monoisotopic (exact) mass is 218 g/mol. The molecule has 0 aliphatic carbocycles. The Labute approximate surface area is 87.3 Å². The SMILES string of the molecule is CS(=O)CCC(=O)N1CCC(CN)C1. The van der Waals surface area contributed by atoms with E-state index in [9.17, 15) is 9.00 Å². The second-order valence-electron chi connectivity index (χ2n) is 3.76. The Morgan fingerprint density at radius 2 is 2.36 bits per heavy atom. The molecule has 1 amide bonds. The van der Waals surface area contributed by atoms with E-state index in [1.807, 2.05) is 4.90 Å². The normalized spacial score (nSPS) is 23.9. The smallest absolute Gasteiger partial charge is 0.223 e. The lowest BCUT2D eigenvalue weighted by molar-refractivity contribution is -0.129. The highest BCUT2D eigenvalue weighted by atomic mass is 32.2. The molecule has 1 aliphatic heterocycles. The zero-order valence-electron chi connectivity index (χ0n) is 8.57. The summed E-state index contributed by atoms with van der Waals surface area (Å²) in [4.78, 5) is 13.4. The first kappa shape index (κ1) is 11.7. The van der Waals surface area contributed by atoms with Crippen LogP contribution in [0.4, 0.5) is 0 Å². The van der Waals surface area contributed by atoms with E-state index in [4.69, 9.17) is 5.73 Å². The molecule has 0 radical (unpaired) electrons. The Balaban J connectivity index is 2.28. The molecule has 4 nitrogen and oxygen atoms in total. The van der Waals surface area contributed by atoms with Crippen LogP contribution >= 0.6 is 0 Å². The van der Waals surface area contributed by atoms with Crippen LogP contribution in [0.25, 0.3) is 0 Å². The number of likely N-dealkylation sites (tertiary alicyclic amines) is 1. The van der Waals surface area contributed by atoms with Gasteiger partial charge in [0.15, 0.2) is 0 Å². The largest absolute Gasteiger partial charge is 0.342 e. The van der Waals surface area contributed by atoms with Gasteiger partial charge in [0.1, 0.15) is 0 Å². The summed E-state index contributed by atoms with van der Waals surface area (Å²) in [6.45, 7) is 2.26. The van der Waals surface area contributed by atoms with E-state index < -0.39 is 10.8 Å². The van der Waals surface area contributed by atoms with E-state index in [1.54, 1.807) is 6.26 Å². The molecule has 2 atom stereocenters. The third-order valence-corrected chi connectivity index (χ3v) is 3.35. The molecule has 0 bridgehead atoms. The van der Waals surface area contributed by atoms with Gasteiger partial charge >= 0.3 is 0 Å². The topological polar surface area (TPSA) is 63.4 Å². The van der Waals surface area contributed by atoms with E-state index in [0.717, 1.165) is 19.5 Å². The average Bonchev–Trinajstić information content (AvgIpc) is 2.62. The molecule has 2 N–H and O–H groups in total. The molecule has 0 spiro atoms. The average molecular weight is 218 g/mol. The Kier molecular flexibility index (Phi) is 4.54. The van der Waals surface area contributed by atoms with Gasteiger partial charge < -0.3 is 10.6 Å². The van der Waals surface area contributed by atoms with Crippen LogP contribution in [-0.2, 0) is 15.6 Å². The lowest BCUT2D eigenvalue weighted by Crippen LogP contribution is -2.30. The maximum absolute atomic E-state index is 11.6. The molecular weight excluding hydrogens is 200 g/mol. The van der Waals surface area contributed by atoms with Crippen molar-refractivity contribution in [3.05, 3.63) is 0 Å². The minimum atomic E-state index is -0.869. The van der Waals surface area contributed by atoms with Gasteiger partial charge in [0.05, 0.1) is 0 Å². The second-order valence-corrected chi connectivity index (χ2v) is 5.31. The van der Waals surface area contributed by atoms with E-state index in [-0.39, 0.29) is 5.91 Å². The predicted octanol–water partition coefficient (Wildman–Crippen LogP) is -0.438. The van der Waals surface area contributed by atoms with Crippen LogP contribution in [0.3, 0.4) is 0 Å². The van der Waals surface area contributed by atoms with Crippen molar-refractivity contribution >= 4 is 16.7 Å². The molecule has 0 aromatic carbocycles. The fourth-order valence-electron chi connectivity index (χ4n) is 1.64. The Morgan fingerprint density at radius 3 is 2.86 bits per heavy atom. The first-order valence-electron chi connectivity index (χ1n) is 4.91. The second kappa shape index (κ2) is 5.46. The first-order valence-corrected chi connectivity index (χ1v) is 6.64. The molecule has 0 aromatic rings. The van der Waals surface area contributed by atoms with Crippen LogP contribution in [0, 0.1) is 5.92 Å². The van der Waals surface area contributed by atoms with Gasteiger partial charge in [-0.15, -0.1) is 0 Å². The van der Waals surface area contributed by atoms with Gasteiger partial charge in [-0.05, 0) is 18.9 Å². The Morgan fingerprint density at radius 1 is 1.64 bits per heavy atom. The molecule has 0 saturated carbocycles. The number of hydrogen-bond acceptors (Lipinski definition) is 3. The van der Waals surface area contributed by atoms with Crippen LogP contribution in [0.5, 0.6) is 0 Å². The van der Waals surface area contributed by atoms with E-state index in [1.165, 1.54) is 0 Å². The molecule has 5 heteroatoms. The van der Waals surface area contributed by atoms with E-state index in [2.05, 4.69) is 0 Å². The first-order chi connectivity index (χ1) is 6.63. The quantitative estimate of drug-likeness (QED) is 0.696. The van der Waals surface area contributed by atoms with Gasteiger partial charge in [0.25, 0.3) is 0 Å². The molecule has 1 fully saturated rings. The number of nitrogens with two attached hydrogens (primary N) is 1. The third-order valence-electron chi connectivity index (χ3n) is 2.58. The number of amides is 1. The summed E-state index contributed by atoms with van der Waals surface area (Å²) in [5.41, 5.74) is 5.53. The van der Waals surface area contributed by atoms with Crippen molar-refractivity contribution in [2.45, 2.75) is 12.8 Å². The lowest BCUT2D eigenvalue weighted by Gasteiger charge is -2.15. The van der Waals surface area contributed by atoms with E-state index in [0.29, 0.717) is 24.6 Å². The summed E-state index contributed by atoms with van der Waals surface area (Å²) in [5.74, 6) is 1.06. The Hall–Kier alpha value is -0.420. The summed E-state index contributed by atoms with van der Waals surface area (Å²) in [6.07, 6.45) is 3.04. The van der Waals surface area contributed by atoms with Crippen LogP contribution in [0.2, 0.25) is 0 Å². The van der Waals surface area contributed by atoms with Crippen molar-refractivity contribution in [3.63, 3.8) is 0 Å². The third kappa shape index (κ3) is 3.38. The maximum atomic E-state index is 11.6. The molecule has 1 rings (SSSR count). The Bertz CT molecular complexity index is 233. The van der Waals surface area contributed by atoms with Gasteiger partial charge in [-0.25, -0.2) is 0 Å². The number of carbonyl (C=O) groups is 1. The van der Waals surface area contributed by atoms with Crippen LogP contribution in [-0.4, -0.2) is 46.7 Å².